The van der Waals surface area contributed by atoms with Crippen LogP contribution in [-0.2, 0) is 34.6 Å². The molecule has 0 radical (unpaired) electrons. The van der Waals surface area contributed by atoms with Crippen molar-refractivity contribution >= 4 is 14.7 Å². The van der Waals surface area contributed by atoms with Gasteiger partial charge in [0.1, 0.15) is 0 Å². The van der Waals surface area contributed by atoms with E-state index in [4.69, 9.17) is 0 Å². The standard InChI is InChI=1S/C32H55Si.3ClH.Ti/c1-4-6-7-8-9-10-11-12-13-14-15-16-17-18-19-21-24-29-25-26-31(30(29)5-2)33-32(3)27-22-20-23-28-32;;;;/h20,22-23,25-27H,4-19,21,24,28,33H2,1-3H3;3*1H;/q-1;;;;+4/p-3. The third-order valence-corrected chi connectivity index (χ3v) is 10.2. The molecule has 0 heterocycles. The van der Waals surface area contributed by atoms with E-state index in [0.29, 0.717) is 5.04 Å². The first kappa shape index (κ1) is 42.1. The van der Waals surface area contributed by atoms with Gasteiger partial charge in [-0.05, 0) is 11.5 Å². The fraction of sp³-hybridized carbons (Fsp3) is 0.719. The first-order valence-electron chi connectivity index (χ1n) is 14.8. The summed E-state index contributed by atoms with van der Waals surface area (Å²) in [5.41, 5.74) is 3.39. The second kappa shape index (κ2) is 26.8. The van der Waals surface area contributed by atoms with Gasteiger partial charge in [0.05, 0.1) is 0 Å². The second-order valence-corrected chi connectivity index (χ2v) is 13.8. The maximum atomic E-state index is 2.49. The van der Waals surface area contributed by atoms with Crippen LogP contribution in [0.15, 0.2) is 36.4 Å². The van der Waals surface area contributed by atoms with Crippen LogP contribution in [0.5, 0.6) is 0 Å². The Balaban J connectivity index is -0.00000289. The third kappa shape index (κ3) is 18.6. The number of hydrogen-bond donors (Lipinski definition) is 0. The molecule has 1 aliphatic carbocycles. The van der Waals surface area contributed by atoms with Crippen molar-refractivity contribution < 1.29 is 58.9 Å². The van der Waals surface area contributed by atoms with E-state index >= 15 is 0 Å². The zero-order chi connectivity index (χ0) is 23.6. The molecule has 0 bridgehead atoms. The van der Waals surface area contributed by atoms with Gasteiger partial charge in [-0.2, -0.15) is 22.4 Å². The molecule has 0 saturated heterocycles. The third-order valence-electron chi connectivity index (χ3n) is 7.84. The molecule has 1 aliphatic rings. The number of halogens is 3. The Hall–Kier alpha value is 0.631. The van der Waals surface area contributed by atoms with Gasteiger partial charge in [0, 0.05) is 9.52 Å². The van der Waals surface area contributed by atoms with Crippen molar-refractivity contribution in [3.63, 3.8) is 0 Å². The van der Waals surface area contributed by atoms with Crippen LogP contribution in [0.1, 0.15) is 141 Å². The summed E-state index contributed by atoms with van der Waals surface area (Å²) in [5.74, 6) is 0. The Morgan fingerprint density at radius 2 is 1.22 bits per heavy atom. The summed E-state index contributed by atoms with van der Waals surface area (Å²) in [6, 6.07) is 4.96. The maximum absolute atomic E-state index is 2.49. The van der Waals surface area contributed by atoms with Gasteiger partial charge >= 0.3 is 21.7 Å². The molecule has 0 N–H and O–H groups in total. The van der Waals surface area contributed by atoms with Crippen molar-refractivity contribution in [2.75, 3.05) is 0 Å². The van der Waals surface area contributed by atoms with Crippen LogP contribution in [0.25, 0.3) is 0 Å². The summed E-state index contributed by atoms with van der Waals surface area (Å²) in [5, 5.41) is 2.19. The van der Waals surface area contributed by atoms with E-state index < -0.39 is 0 Å². The van der Waals surface area contributed by atoms with Crippen molar-refractivity contribution in [1.29, 1.82) is 0 Å². The average Bonchev–Trinajstić information content (AvgIpc) is 3.19. The largest absolute Gasteiger partial charge is 4.00 e. The van der Waals surface area contributed by atoms with Gasteiger partial charge in [0.15, 0.2) is 0 Å². The molecular formula is C32H55Cl3SiTi. The number of aryl methyl sites for hydroxylation is 1. The van der Waals surface area contributed by atoms with Gasteiger partial charge in [-0.1, -0.05) is 161 Å². The minimum absolute atomic E-state index is 0. The quantitative estimate of drug-likeness (QED) is 0.112. The summed E-state index contributed by atoms with van der Waals surface area (Å²) in [6.45, 7) is 7.14. The Bertz CT molecular complexity index is 686. The molecule has 0 spiro atoms. The van der Waals surface area contributed by atoms with Crippen LogP contribution in [0.3, 0.4) is 0 Å². The van der Waals surface area contributed by atoms with Crippen molar-refractivity contribution in [3.8, 4) is 0 Å². The molecule has 5 heteroatoms. The van der Waals surface area contributed by atoms with Gasteiger partial charge in [-0.3, -0.25) is 0 Å². The van der Waals surface area contributed by atoms with Crippen molar-refractivity contribution in [3.05, 3.63) is 47.6 Å². The number of hydrogen-bond acceptors (Lipinski definition) is 0. The second-order valence-electron chi connectivity index (χ2n) is 11.1. The van der Waals surface area contributed by atoms with E-state index in [-0.39, 0.29) is 68.5 Å². The first-order chi connectivity index (χ1) is 16.2. The minimum Gasteiger partial charge on any atom is -1.00 e. The zero-order valence-corrected chi connectivity index (χ0v) is 29.5. The molecule has 212 valence electrons. The van der Waals surface area contributed by atoms with Gasteiger partial charge < -0.3 is 37.2 Å². The van der Waals surface area contributed by atoms with Gasteiger partial charge in [-0.25, -0.2) is 6.07 Å². The fourth-order valence-electron chi connectivity index (χ4n) is 5.66. The molecule has 0 saturated carbocycles. The summed E-state index contributed by atoms with van der Waals surface area (Å²) in [4.78, 5) is 0. The van der Waals surface area contributed by atoms with E-state index in [2.05, 4.69) is 57.2 Å². The molecule has 2 rings (SSSR count). The van der Waals surface area contributed by atoms with E-state index in [1.807, 2.05) is 0 Å². The van der Waals surface area contributed by atoms with Gasteiger partial charge in [0.2, 0.25) is 0 Å². The fourth-order valence-corrected chi connectivity index (χ4v) is 8.03. The number of allylic oxidation sites excluding steroid dienone is 4. The molecule has 0 aromatic heterocycles. The minimum atomic E-state index is -0.268. The topological polar surface area (TPSA) is 0 Å². The Morgan fingerprint density at radius 1 is 0.730 bits per heavy atom. The molecule has 0 nitrogen and oxygen atoms in total. The smallest absolute Gasteiger partial charge is 1.00 e. The molecule has 0 aliphatic heterocycles. The van der Waals surface area contributed by atoms with Crippen LogP contribution in [0.2, 0.25) is 5.04 Å². The predicted molar refractivity (Wildman–Crippen MR) is 154 cm³/mol. The maximum Gasteiger partial charge on any atom is 4.00 e. The van der Waals surface area contributed by atoms with Gasteiger partial charge in [-0.15, -0.1) is 0 Å². The zero-order valence-electron chi connectivity index (χ0n) is 24.2. The predicted octanol–water partition coefficient (Wildman–Crippen LogP) is 0.270. The molecule has 1 unspecified atom stereocenters. The molecule has 37 heavy (non-hydrogen) atoms. The van der Waals surface area contributed by atoms with Crippen LogP contribution in [0.4, 0.5) is 0 Å². The first-order valence-corrected chi connectivity index (χ1v) is 16.2. The van der Waals surface area contributed by atoms with E-state index in [1.54, 1.807) is 16.3 Å². The molecule has 1 aromatic rings. The summed E-state index contributed by atoms with van der Waals surface area (Å²) >= 11 is 0. The monoisotopic (exact) mass is 620 g/mol. The number of unbranched alkanes of at least 4 members (excludes halogenated alkanes) is 15. The molecule has 1 atom stereocenters. The van der Waals surface area contributed by atoms with Gasteiger partial charge in [0.25, 0.3) is 0 Å². The van der Waals surface area contributed by atoms with E-state index in [9.17, 15) is 0 Å². The van der Waals surface area contributed by atoms with E-state index in [1.165, 1.54) is 122 Å². The number of rotatable bonds is 20. The van der Waals surface area contributed by atoms with Crippen molar-refractivity contribution in [2.24, 2.45) is 0 Å². The van der Waals surface area contributed by atoms with E-state index in [0.717, 1.165) is 0 Å². The molecule has 0 amide bonds. The van der Waals surface area contributed by atoms with Crippen LogP contribution < -0.4 is 42.4 Å². The van der Waals surface area contributed by atoms with Crippen molar-refractivity contribution in [2.45, 2.75) is 148 Å². The summed E-state index contributed by atoms with van der Waals surface area (Å²) < 4.78 is 0. The Morgan fingerprint density at radius 3 is 1.65 bits per heavy atom. The normalized spacial score (nSPS) is 16.2. The van der Waals surface area contributed by atoms with Crippen LogP contribution >= 0.6 is 0 Å². The summed E-state index contributed by atoms with van der Waals surface area (Å²) in [7, 11) is -0.268. The molecule has 1 aromatic carbocycles. The molecule has 0 fully saturated rings. The van der Waals surface area contributed by atoms with Crippen LogP contribution in [-0.4, -0.2) is 9.52 Å². The summed E-state index contributed by atoms with van der Waals surface area (Å²) in [6.07, 6.45) is 36.3. The molecular weight excluding hydrogens is 567 g/mol. The van der Waals surface area contributed by atoms with Crippen molar-refractivity contribution in [1.82, 2.24) is 0 Å². The Kier molecular flexibility index (Phi) is 30.5. The Labute approximate surface area is 267 Å². The SMILES string of the molecule is CCCCCCCCCCCCCCCCCCc1cc[c-]([SiH2]C2(C)C=CC=CC2)c1CC.[Cl-].[Cl-].[Cl-].[Ti+4]. The van der Waals surface area contributed by atoms with Crippen LogP contribution in [0, 0.1) is 0 Å². The average molecular weight is 622 g/mol.